The van der Waals surface area contributed by atoms with Crippen LogP contribution in [0.1, 0.15) is 11.1 Å². The molecule has 3 N–H and O–H groups in total. The van der Waals surface area contributed by atoms with E-state index in [1.807, 2.05) is 13.0 Å². The van der Waals surface area contributed by atoms with Crippen molar-refractivity contribution in [1.82, 2.24) is 9.88 Å². The van der Waals surface area contributed by atoms with Crippen molar-refractivity contribution in [3.8, 4) is 5.75 Å². The fraction of sp³-hybridized carbons (Fsp3) is 0.333. The highest BCUT2D eigenvalue weighted by Crippen LogP contribution is 2.35. The fourth-order valence-corrected chi connectivity index (χ4v) is 2.77. The number of aromatic nitrogens is 1. The highest BCUT2D eigenvalue weighted by molar-refractivity contribution is 5.90. The summed E-state index contributed by atoms with van der Waals surface area (Å²) in [5.74, 6) is 0.545. The van der Waals surface area contributed by atoms with Gasteiger partial charge >= 0.3 is 0 Å². The van der Waals surface area contributed by atoms with Crippen LogP contribution >= 0.6 is 12.4 Å². The van der Waals surface area contributed by atoms with E-state index in [1.54, 1.807) is 10.6 Å². The Labute approximate surface area is 133 Å². The van der Waals surface area contributed by atoms with E-state index < -0.39 is 0 Å². The third-order valence-corrected chi connectivity index (χ3v) is 3.72. The number of carbonyl (C=O) groups is 1. The molecule has 7 heteroatoms. The van der Waals surface area contributed by atoms with Gasteiger partial charge in [-0.25, -0.2) is 0 Å². The number of rotatable bonds is 3. The molecule has 1 aromatic heterocycles. The van der Waals surface area contributed by atoms with Crippen LogP contribution in [0.3, 0.4) is 0 Å². The Morgan fingerprint density at radius 1 is 1.45 bits per heavy atom. The van der Waals surface area contributed by atoms with Crippen molar-refractivity contribution in [2.45, 2.75) is 20.0 Å². The number of halogens is 1. The number of benzene rings is 1. The van der Waals surface area contributed by atoms with Crippen LogP contribution in [0.5, 0.6) is 5.75 Å². The average Bonchev–Trinajstić information content (AvgIpc) is 2.93. The van der Waals surface area contributed by atoms with E-state index in [4.69, 9.17) is 10.5 Å². The minimum Gasteiger partial charge on any atom is -0.492 e. The molecule has 22 heavy (non-hydrogen) atoms. The lowest BCUT2D eigenvalue weighted by Gasteiger charge is -2.15. The van der Waals surface area contributed by atoms with Gasteiger partial charge in [-0.15, -0.1) is 12.4 Å². The van der Waals surface area contributed by atoms with Gasteiger partial charge in [0.1, 0.15) is 5.75 Å². The molecule has 118 valence electrons. The Morgan fingerprint density at radius 2 is 2.23 bits per heavy atom. The summed E-state index contributed by atoms with van der Waals surface area (Å²) in [6.07, 6.45) is 0.884. The number of pyridine rings is 1. The molecular weight excluding hydrogens is 306 g/mol. The van der Waals surface area contributed by atoms with Crippen molar-refractivity contribution < 1.29 is 9.53 Å². The second kappa shape index (κ2) is 6.37. The molecule has 1 aromatic carbocycles. The van der Waals surface area contributed by atoms with Crippen LogP contribution in [0.25, 0.3) is 10.9 Å². The molecule has 2 heterocycles. The summed E-state index contributed by atoms with van der Waals surface area (Å²) in [4.78, 5) is 23.5. The summed E-state index contributed by atoms with van der Waals surface area (Å²) in [7, 11) is 0. The average molecular weight is 324 g/mol. The van der Waals surface area contributed by atoms with Crippen molar-refractivity contribution >= 4 is 29.2 Å². The molecule has 0 spiro atoms. The van der Waals surface area contributed by atoms with E-state index in [-0.39, 0.29) is 37.1 Å². The van der Waals surface area contributed by atoms with E-state index in [1.165, 1.54) is 6.07 Å². The first kappa shape index (κ1) is 16.3. The number of nitrogens with one attached hydrogen (secondary N) is 1. The lowest BCUT2D eigenvalue weighted by molar-refractivity contribution is -0.120. The lowest BCUT2D eigenvalue weighted by atomic mass is 10.0. The molecule has 0 aliphatic carbocycles. The van der Waals surface area contributed by atoms with Gasteiger partial charge in [0.05, 0.1) is 25.3 Å². The van der Waals surface area contributed by atoms with Gasteiger partial charge in [0.2, 0.25) is 5.91 Å². The van der Waals surface area contributed by atoms with E-state index in [9.17, 15) is 9.59 Å². The Hall–Kier alpha value is -2.05. The van der Waals surface area contributed by atoms with E-state index in [2.05, 4.69) is 5.32 Å². The van der Waals surface area contributed by atoms with Crippen LogP contribution < -0.4 is 21.3 Å². The maximum Gasteiger partial charge on any atom is 0.252 e. The normalized spacial score (nSPS) is 12.5. The number of aryl methyl sites for hydroxylation is 1. The molecule has 0 atom stereocenters. The quantitative estimate of drug-likeness (QED) is 0.870. The van der Waals surface area contributed by atoms with Gasteiger partial charge in [0.15, 0.2) is 0 Å². The number of amides is 1. The maximum absolute atomic E-state index is 12.1. The SMILES string of the molecule is Cc1cc2c(c3ccc(=O)n(CNC(=O)CN)c13)OCC2.Cl. The monoisotopic (exact) mass is 323 g/mol. The molecule has 0 fully saturated rings. The van der Waals surface area contributed by atoms with E-state index >= 15 is 0 Å². The van der Waals surface area contributed by atoms with Gasteiger partial charge in [0, 0.05) is 17.9 Å². The summed E-state index contributed by atoms with van der Waals surface area (Å²) in [5, 5.41) is 3.54. The molecule has 0 saturated carbocycles. The highest BCUT2D eigenvalue weighted by atomic mass is 35.5. The first-order valence-corrected chi connectivity index (χ1v) is 6.87. The number of hydrogen-bond donors (Lipinski definition) is 2. The summed E-state index contributed by atoms with van der Waals surface area (Å²) in [5.41, 5.74) is 8.05. The number of carbonyl (C=O) groups excluding carboxylic acids is 1. The second-order valence-corrected chi connectivity index (χ2v) is 5.10. The molecule has 0 saturated heterocycles. The number of fused-ring (bicyclic) bond motifs is 3. The van der Waals surface area contributed by atoms with Crippen LogP contribution in [0, 0.1) is 6.92 Å². The van der Waals surface area contributed by atoms with Crippen molar-refractivity contribution in [1.29, 1.82) is 0 Å². The minimum absolute atomic E-state index is 0. The van der Waals surface area contributed by atoms with E-state index in [0.717, 1.165) is 34.2 Å². The maximum atomic E-state index is 12.1. The van der Waals surface area contributed by atoms with Crippen molar-refractivity contribution in [2.24, 2.45) is 5.73 Å². The molecule has 1 aliphatic heterocycles. The van der Waals surface area contributed by atoms with Crippen LogP contribution in [-0.2, 0) is 17.9 Å². The topological polar surface area (TPSA) is 86.4 Å². The Bertz CT molecular complexity index is 786. The Morgan fingerprint density at radius 3 is 2.95 bits per heavy atom. The molecule has 0 bridgehead atoms. The fourth-order valence-electron chi connectivity index (χ4n) is 2.77. The second-order valence-electron chi connectivity index (χ2n) is 5.10. The minimum atomic E-state index is -0.297. The molecule has 6 nitrogen and oxygen atoms in total. The van der Waals surface area contributed by atoms with Gasteiger partial charge in [-0.05, 0) is 24.1 Å². The highest BCUT2D eigenvalue weighted by Gasteiger charge is 2.19. The van der Waals surface area contributed by atoms with Gasteiger partial charge in [-0.1, -0.05) is 6.07 Å². The molecule has 0 unspecified atom stereocenters. The standard InChI is InChI=1S/C15H17N3O3.ClH/c1-9-6-10-4-5-21-15(10)11-2-3-13(20)18(14(9)11)8-17-12(19)7-16;/h2-3,6H,4-5,7-8,16H2,1H3,(H,17,19);1H. The first-order chi connectivity index (χ1) is 10.1. The molecule has 3 rings (SSSR count). The number of nitrogens with zero attached hydrogens (tertiary/aromatic N) is 1. The van der Waals surface area contributed by atoms with Crippen molar-refractivity contribution in [2.75, 3.05) is 13.2 Å². The Kier molecular flexibility index (Phi) is 4.73. The van der Waals surface area contributed by atoms with Gasteiger partial charge in [0.25, 0.3) is 5.56 Å². The van der Waals surface area contributed by atoms with Gasteiger partial charge < -0.3 is 15.8 Å². The summed E-state index contributed by atoms with van der Waals surface area (Å²) < 4.78 is 7.23. The summed E-state index contributed by atoms with van der Waals surface area (Å²) in [6, 6.07) is 5.33. The zero-order valence-corrected chi connectivity index (χ0v) is 13.0. The van der Waals surface area contributed by atoms with Crippen LogP contribution in [-0.4, -0.2) is 23.6 Å². The van der Waals surface area contributed by atoms with Crippen LogP contribution in [0.2, 0.25) is 0 Å². The number of ether oxygens (including phenoxy) is 1. The van der Waals surface area contributed by atoms with Crippen LogP contribution in [0.15, 0.2) is 23.0 Å². The summed E-state index contributed by atoms with van der Waals surface area (Å²) >= 11 is 0. The van der Waals surface area contributed by atoms with Gasteiger partial charge in [-0.2, -0.15) is 0 Å². The smallest absolute Gasteiger partial charge is 0.252 e. The van der Waals surface area contributed by atoms with Crippen LogP contribution in [0.4, 0.5) is 0 Å². The third-order valence-electron chi connectivity index (χ3n) is 3.72. The summed E-state index contributed by atoms with van der Waals surface area (Å²) in [6.45, 7) is 2.63. The van der Waals surface area contributed by atoms with Gasteiger partial charge in [-0.3, -0.25) is 14.2 Å². The predicted molar refractivity (Wildman–Crippen MR) is 86.6 cm³/mol. The van der Waals surface area contributed by atoms with E-state index in [0.29, 0.717) is 6.61 Å². The predicted octanol–water partition coefficient (Wildman–Crippen LogP) is 0.699. The molecular formula is C15H18ClN3O3. The third kappa shape index (κ3) is 2.67. The molecule has 0 radical (unpaired) electrons. The zero-order valence-electron chi connectivity index (χ0n) is 12.2. The molecule has 1 aliphatic rings. The Balaban J connectivity index is 0.00000176. The van der Waals surface area contributed by atoms with Crippen molar-refractivity contribution in [3.63, 3.8) is 0 Å². The zero-order chi connectivity index (χ0) is 15.0. The number of hydrogen-bond acceptors (Lipinski definition) is 4. The lowest BCUT2D eigenvalue weighted by Crippen LogP contribution is -2.35. The first-order valence-electron chi connectivity index (χ1n) is 6.87. The van der Waals surface area contributed by atoms with Crippen molar-refractivity contribution in [3.05, 3.63) is 39.7 Å². The number of nitrogens with two attached hydrogens (primary N) is 1. The molecule has 2 aromatic rings. The molecule has 1 amide bonds. The largest absolute Gasteiger partial charge is 0.492 e.